The van der Waals surface area contributed by atoms with Crippen LogP contribution in [0.25, 0.3) is 0 Å². The van der Waals surface area contributed by atoms with E-state index >= 15 is 0 Å². The minimum Gasteiger partial charge on any atom is -0.382 e. The Morgan fingerprint density at radius 2 is 2.29 bits per heavy atom. The first-order valence-corrected chi connectivity index (χ1v) is 5.46. The van der Waals surface area contributed by atoms with Crippen LogP contribution in [0.1, 0.15) is 18.9 Å². The molecule has 0 aromatic heterocycles. The molecule has 0 aliphatic heterocycles. The van der Waals surface area contributed by atoms with Gasteiger partial charge in [0.15, 0.2) is 0 Å². The number of nitriles is 1. The molecule has 2 rings (SSSR count). The molecule has 0 saturated heterocycles. The van der Waals surface area contributed by atoms with Gasteiger partial charge in [0.05, 0.1) is 5.56 Å². The zero-order chi connectivity index (χ0) is 10.1. The summed E-state index contributed by atoms with van der Waals surface area (Å²) in [5.41, 5.74) is 1.77. The van der Waals surface area contributed by atoms with Gasteiger partial charge in [-0.25, -0.2) is 0 Å². The van der Waals surface area contributed by atoms with Gasteiger partial charge in [-0.3, -0.25) is 0 Å². The predicted octanol–water partition coefficient (Wildman–Crippen LogP) is 3.14. The molecular formula is C11H11BrN2. The van der Waals surface area contributed by atoms with Crippen LogP contribution in [0, 0.1) is 17.2 Å². The highest BCUT2D eigenvalue weighted by Gasteiger charge is 2.32. The van der Waals surface area contributed by atoms with Gasteiger partial charge in [-0.15, -0.1) is 0 Å². The Labute approximate surface area is 92.1 Å². The summed E-state index contributed by atoms with van der Waals surface area (Å²) in [6.45, 7) is 2.23. The van der Waals surface area contributed by atoms with Crippen molar-refractivity contribution in [2.24, 2.45) is 5.92 Å². The van der Waals surface area contributed by atoms with Crippen LogP contribution in [0.4, 0.5) is 5.69 Å². The fraction of sp³-hybridized carbons (Fsp3) is 0.364. The summed E-state index contributed by atoms with van der Waals surface area (Å²) in [5, 5.41) is 12.2. The van der Waals surface area contributed by atoms with Gasteiger partial charge in [-0.05, 0) is 46.5 Å². The van der Waals surface area contributed by atoms with Crippen molar-refractivity contribution in [3.8, 4) is 6.07 Å². The summed E-state index contributed by atoms with van der Waals surface area (Å²) in [5.74, 6) is 0.782. The molecule has 0 amide bonds. The summed E-state index contributed by atoms with van der Waals surface area (Å²) < 4.78 is 0.860. The Morgan fingerprint density at radius 3 is 2.79 bits per heavy atom. The SMILES string of the molecule is CC1CC1Nc1ccc(C#N)c(Br)c1. The van der Waals surface area contributed by atoms with Crippen molar-refractivity contribution in [3.05, 3.63) is 28.2 Å². The summed E-state index contributed by atoms with van der Waals surface area (Å²) in [6, 6.07) is 8.49. The molecule has 72 valence electrons. The van der Waals surface area contributed by atoms with Crippen molar-refractivity contribution >= 4 is 21.6 Å². The van der Waals surface area contributed by atoms with Crippen molar-refractivity contribution in [2.45, 2.75) is 19.4 Å². The van der Waals surface area contributed by atoms with Gasteiger partial charge >= 0.3 is 0 Å². The van der Waals surface area contributed by atoms with Crippen LogP contribution in [-0.2, 0) is 0 Å². The summed E-state index contributed by atoms with van der Waals surface area (Å²) in [7, 11) is 0. The number of anilines is 1. The number of halogens is 1. The maximum absolute atomic E-state index is 8.75. The van der Waals surface area contributed by atoms with E-state index in [1.165, 1.54) is 6.42 Å². The molecular weight excluding hydrogens is 240 g/mol. The fourth-order valence-electron chi connectivity index (χ4n) is 1.43. The van der Waals surface area contributed by atoms with E-state index in [4.69, 9.17) is 5.26 Å². The second-order valence-electron chi connectivity index (χ2n) is 3.77. The molecule has 1 N–H and O–H groups in total. The minimum absolute atomic E-state index is 0.620. The highest BCUT2D eigenvalue weighted by atomic mass is 79.9. The van der Waals surface area contributed by atoms with Gasteiger partial charge in [-0.2, -0.15) is 5.26 Å². The van der Waals surface area contributed by atoms with Gasteiger partial charge in [-0.1, -0.05) is 6.92 Å². The molecule has 2 unspecified atom stereocenters. The molecule has 1 fully saturated rings. The van der Waals surface area contributed by atoms with E-state index in [2.05, 4.69) is 34.2 Å². The number of nitrogens with zero attached hydrogens (tertiary/aromatic N) is 1. The molecule has 0 heterocycles. The van der Waals surface area contributed by atoms with Crippen LogP contribution < -0.4 is 5.32 Å². The highest BCUT2D eigenvalue weighted by Crippen LogP contribution is 2.33. The normalized spacial score (nSPS) is 24.1. The van der Waals surface area contributed by atoms with E-state index in [0.29, 0.717) is 11.6 Å². The van der Waals surface area contributed by atoms with E-state index in [9.17, 15) is 0 Å². The van der Waals surface area contributed by atoms with E-state index < -0.39 is 0 Å². The molecule has 3 heteroatoms. The number of rotatable bonds is 2. The van der Waals surface area contributed by atoms with Crippen LogP contribution in [-0.4, -0.2) is 6.04 Å². The van der Waals surface area contributed by atoms with Crippen LogP contribution >= 0.6 is 15.9 Å². The third kappa shape index (κ3) is 1.91. The zero-order valence-corrected chi connectivity index (χ0v) is 9.51. The Kier molecular flexibility index (Phi) is 2.47. The molecule has 2 nitrogen and oxygen atoms in total. The van der Waals surface area contributed by atoms with Gasteiger partial charge in [0.1, 0.15) is 6.07 Å². The quantitative estimate of drug-likeness (QED) is 0.876. The average Bonchev–Trinajstić information content (AvgIpc) is 2.82. The third-order valence-corrected chi connectivity index (χ3v) is 3.21. The summed E-state index contributed by atoms with van der Waals surface area (Å²) in [4.78, 5) is 0. The fourth-order valence-corrected chi connectivity index (χ4v) is 1.90. The van der Waals surface area contributed by atoms with E-state index in [0.717, 1.165) is 16.1 Å². The molecule has 0 radical (unpaired) electrons. The lowest BCUT2D eigenvalue weighted by molar-refractivity contribution is 0.929. The first-order valence-electron chi connectivity index (χ1n) is 4.67. The van der Waals surface area contributed by atoms with Gasteiger partial charge in [0.25, 0.3) is 0 Å². The van der Waals surface area contributed by atoms with Gasteiger partial charge in [0, 0.05) is 16.2 Å². The maximum atomic E-state index is 8.75. The van der Waals surface area contributed by atoms with Crippen molar-refractivity contribution in [2.75, 3.05) is 5.32 Å². The van der Waals surface area contributed by atoms with Crippen molar-refractivity contribution in [1.29, 1.82) is 5.26 Å². The highest BCUT2D eigenvalue weighted by molar-refractivity contribution is 9.10. The Morgan fingerprint density at radius 1 is 1.57 bits per heavy atom. The van der Waals surface area contributed by atoms with E-state index in [1.54, 1.807) is 0 Å². The lowest BCUT2D eigenvalue weighted by atomic mass is 10.2. The number of hydrogen-bond donors (Lipinski definition) is 1. The molecule has 1 aliphatic carbocycles. The topological polar surface area (TPSA) is 35.8 Å². The standard InChI is InChI=1S/C11H11BrN2/c1-7-4-11(7)14-9-3-2-8(6-13)10(12)5-9/h2-3,5,7,11,14H,4H2,1H3. The Bertz CT molecular complexity index is 395. The summed E-state index contributed by atoms with van der Waals surface area (Å²) >= 11 is 3.37. The number of hydrogen-bond acceptors (Lipinski definition) is 2. The van der Waals surface area contributed by atoms with Crippen LogP contribution in [0.5, 0.6) is 0 Å². The molecule has 14 heavy (non-hydrogen) atoms. The second kappa shape index (κ2) is 3.62. The average molecular weight is 251 g/mol. The van der Waals surface area contributed by atoms with Crippen LogP contribution in [0.3, 0.4) is 0 Å². The molecule has 1 aromatic carbocycles. The number of nitrogens with one attached hydrogen (secondary N) is 1. The van der Waals surface area contributed by atoms with Gasteiger partial charge < -0.3 is 5.32 Å². The first kappa shape index (κ1) is 9.54. The van der Waals surface area contributed by atoms with E-state index in [1.807, 2.05) is 18.2 Å². The van der Waals surface area contributed by atoms with Crippen LogP contribution in [0.15, 0.2) is 22.7 Å². The maximum Gasteiger partial charge on any atom is 0.100 e. The zero-order valence-electron chi connectivity index (χ0n) is 7.92. The minimum atomic E-state index is 0.620. The van der Waals surface area contributed by atoms with Crippen molar-refractivity contribution in [1.82, 2.24) is 0 Å². The monoisotopic (exact) mass is 250 g/mol. The van der Waals surface area contributed by atoms with Crippen molar-refractivity contribution < 1.29 is 0 Å². The second-order valence-corrected chi connectivity index (χ2v) is 4.62. The van der Waals surface area contributed by atoms with Gasteiger partial charge in [0.2, 0.25) is 0 Å². The molecule has 0 spiro atoms. The molecule has 0 bridgehead atoms. The van der Waals surface area contributed by atoms with E-state index in [-0.39, 0.29) is 0 Å². The number of benzene rings is 1. The molecule has 1 saturated carbocycles. The first-order chi connectivity index (χ1) is 6.70. The van der Waals surface area contributed by atoms with Crippen LogP contribution in [0.2, 0.25) is 0 Å². The summed E-state index contributed by atoms with van der Waals surface area (Å²) in [6.07, 6.45) is 1.25. The lowest BCUT2D eigenvalue weighted by Gasteiger charge is -2.05. The smallest absolute Gasteiger partial charge is 0.100 e. The largest absolute Gasteiger partial charge is 0.382 e. The van der Waals surface area contributed by atoms with Crippen molar-refractivity contribution in [3.63, 3.8) is 0 Å². The predicted molar refractivity (Wildman–Crippen MR) is 60.0 cm³/mol. The molecule has 1 aromatic rings. The Hall–Kier alpha value is -1.01. The Balaban J connectivity index is 2.13. The molecule has 1 aliphatic rings. The molecule has 2 atom stereocenters. The third-order valence-electron chi connectivity index (χ3n) is 2.55. The lowest BCUT2D eigenvalue weighted by Crippen LogP contribution is -2.03.